The highest BCUT2D eigenvalue weighted by Crippen LogP contribution is 2.45. The standard InChI is InChI=1S/C21H24FN3O4.C18H36O2/c1-29-20-17-13(19(26)14(21(27)28)9-25(17)12-4-5-12)7-15(22)18(20)24-8-11-3-2-6-23-16(11)10-24;1-2-3-4-5-6-7-8-9-10-11-12-13-14-15-16-17-18(19)20/h7,9,11-12,16,23H,2-6,8,10H2,1H3,(H,27,28);2-17H2,1H3,(H,19,20)/t11-,16+;/m0./s1. The van der Waals surface area contributed by atoms with Gasteiger partial charge in [0.25, 0.3) is 0 Å². The lowest BCUT2D eigenvalue weighted by molar-refractivity contribution is -0.137. The number of carboxylic acid groups (broad SMARTS) is 2. The molecule has 2 aliphatic heterocycles. The number of nitrogens with zero attached hydrogens (tertiary/aromatic N) is 2. The Morgan fingerprint density at radius 2 is 1.49 bits per heavy atom. The van der Waals surface area contributed by atoms with Gasteiger partial charge in [0, 0.05) is 37.8 Å². The molecule has 2 atom stereocenters. The Kier molecular flexibility index (Phi) is 15.7. The van der Waals surface area contributed by atoms with Crippen molar-refractivity contribution in [3.8, 4) is 5.75 Å². The molecule has 0 bridgehead atoms. The number of hydrogen-bond donors (Lipinski definition) is 3. The molecule has 1 aliphatic carbocycles. The number of anilines is 1. The summed E-state index contributed by atoms with van der Waals surface area (Å²) in [6.45, 7) is 4.67. The molecule has 3 N–H and O–H groups in total. The van der Waals surface area contributed by atoms with Crippen LogP contribution in [0.5, 0.6) is 5.75 Å². The Hall–Kier alpha value is -3.14. The number of aliphatic carboxylic acids is 1. The summed E-state index contributed by atoms with van der Waals surface area (Å²) < 4.78 is 22.8. The van der Waals surface area contributed by atoms with Gasteiger partial charge in [-0.25, -0.2) is 9.18 Å². The van der Waals surface area contributed by atoms with Crippen molar-refractivity contribution in [2.24, 2.45) is 5.92 Å². The van der Waals surface area contributed by atoms with Crippen LogP contribution in [0.3, 0.4) is 0 Å². The average molecular weight is 686 g/mol. The van der Waals surface area contributed by atoms with Crippen LogP contribution in [0.2, 0.25) is 0 Å². The van der Waals surface area contributed by atoms with E-state index in [4.69, 9.17) is 9.84 Å². The second kappa shape index (κ2) is 19.9. The molecular formula is C39H60FN3O6. The Bertz CT molecular complexity index is 1410. The molecule has 3 aliphatic rings. The maximum Gasteiger partial charge on any atom is 0.341 e. The molecule has 1 aromatic heterocycles. The number of carbonyl (C=O) groups is 2. The van der Waals surface area contributed by atoms with E-state index in [0.29, 0.717) is 41.9 Å². The quantitative estimate of drug-likeness (QED) is 0.118. The smallest absolute Gasteiger partial charge is 0.341 e. The van der Waals surface area contributed by atoms with E-state index in [2.05, 4.69) is 12.2 Å². The van der Waals surface area contributed by atoms with Crippen LogP contribution in [-0.4, -0.2) is 59.5 Å². The van der Waals surface area contributed by atoms with Gasteiger partial charge in [-0.05, 0) is 50.6 Å². The summed E-state index contributed by atoms with van der Waals surface area (Å²) in [6, 6.07) is 1.62. The number of unbranched alkanes of at least 4 members (excludes halogenated alkanes) is 14. The Labute approximate surface area is 291 Å². The van der Waals surface area contributed by atoms with Crippen LogP contribution in [0.15, 0.2) is 17.1 Å². The van der Waals surface area contributed by atoms with E-state index in [1.807, 2.05) is 4.90 Å². The molecule has 49 heavy (non-hydrogen) atoms. The summed E-state index contributed by atoms with van der Waals surface area (Å²) in [5.74, 6) is -1.72. The zero-order chi connectivity index (χ0) is 35.2. The van der Waals surface area contributed by atoms with E-state index in [0.717, 1.165) is 51.6 Å². The first-order valence-electron chi connectivity index (χ1n) is 19.2. The number of benzene rings is 1. The van der Waals surface area contributed by atoms with Gasteiger partial charge in [-0.3, -0.25) is 9.59 Å². The SMILES string of the molecule is CCCCCCCCCCCCCCCCCC(=O)O.COc1c(N2C[C@@H]3CCCN[C@@H]3C2)c(F)cc2c(=O)c(C(=O)O)cn(C3CC3)c12. The molecule has 2 aromatic rings. The van der Waals surface area contributed by atoms with E-state index in [1.54, 1.807) is 4.57 Å². The van der Waals surface area contributed by atoms with Crippen LogP contribution in [0, 0.1) is 11.7 Å². The van der Waals surface area contributed by atoms with Crippen molar-refractivity contribution in [1.82, 2.24) is 9.88 Å². The van der Waals surface area contributed by atoms with E-state index >= 15 is 4.39 Å². The van der Waals surface area contributed by atoms with Gasteiger partial charge in [0.05, 0.1) is 18.0 Å². The van der Waals surface area contributed by atoms with Gasteiger partial charge in [0.2, 0.25) is 5.43 Å². The number of pyridine rings is 1. The maximum absolute atomic E-state index is 15.3. The van der Waals surface area contributed by atoms with Crippen molar-refractivity contribution < 1.29 is 28.9 Å². The number of methoxy groups -OCH3 is 1. The molecule has 9 nitrogen and oxygen atoms in total. The average Bonchev–Trinajstić information content (AvgIpc) is 3.84. The summed E-state index contributed by atoms with van der Waals surface area (Å²) in [6.07, 6.45) is 25.6. The highest BCUT2D eigenvalue weighted by molar-refractivity contribution is 5.97. The minimum Gasteiger partial charge on any atom is -0.492 e. The van der Waals surface area contributed by atoms with Gasteiger partial charge < -0.3 is 29.7 Å². The monoisotopic (exact) mass is 685 g/mol. The molecule has 0 radical (unpaired) electrons. The van der Waals surface area contributed by atoms with Crippen LogP contribution >= 0.6 is 0 Å². The highest BCUT2D eigenvalue weighted by atomic mass is 19.1. The van der Waals surface area contributed by atoms with Gasteiger partial charge >= 0.3 is 11.9 Å². The van der Waals surface area contributed by atoms with Crippen molar-refractivity contribution >= 4 is 28.5 Å². The van der Waals surface area contributed by atoms with Crippen molar-refractivity contribution in [1.29, 1.82) is 0 Å². The molecular weight excluding hydrogens is 625 g/mol. The summed E-state index contributed by atoms with van der Waals surface area (Å²) in [5.41, 5.74) is -0.155. The number of ether oxygens (including phenoxy) is 1. The predicted molar refractivity (Wildman–Crippen MR) is 194 cm³/mol. The van der Waals surface area contributed by atoms with Gasteiger partial charge in [-0.1, -0.05) is 96.8 Å². The number of nitrogens with one attached hydrogen (secondary N) is 1. The predicted octanol–water partition coefficient (Wildman–Crippen LogP) is 8.70. The van der Waals surface area contributed by atoms with Crippen molar-refractivity contribution in [2.75, 3.05) is 31.6 Å². The number of carboxylic acids is 2. The van der Waals surface area contributed by atoms with Crippen LogP contribution < -0.4 is 20.4 Å². The van der Waals surface area contributed by atoms with E-state index in [1.165, 1.54) is 103 Å². The normalized spacial score (nSPS) is 18.6. The zero-order valence-electron chi connectivity index (χ0n) is 30.0. The third-order valence-corrected chi connectivity index (χ3v) is 10.5. The van der Waals surface area contributed by atoms with Gasteiger partial charge in [-0.15, -0.1) is 0 Å². The number of hydrogen-bond acceptors (Lipinski definition) is 6. The Morgan fingerprint density at radius 3 is 2.00 bits per heavy atom. The van der Waals surface area contributed by atoms with Crippen molar-refractivity contribution in [3.05, 3.63) is 33.9 Å². The molecule has 5 rings (SSSR count). The summed E-state index contributed by atoms with van der Waals surface area (Å²) in [4.78, 5) is 36.7. The van der Waals surface area contributed by atoms with Gasteiger partial charge in [0.1, 0.15) is 11.3 Å². The second-order valence-electron chi connectivity index (χ2n) is 14.4. The minimum absolute atomic E-state index is 0.0599. The lowest BCUT2D eigenvalue weighted by Gasteiger charge is -2.25. The lowest BCUT2D eigenvalue weighted by atomic mass is 9.94. The molecule has 2 saturated heterocycles. The highest BCUT2D eigenvalue weighted by Gasteiger charge is 2.38. The molecule has 10 heteroatoms. The van der Waals surface area contributed by atoms with E-state index in [9.17, 15) is 19.5 Å². The van der Waals surface area contributed by atoms with Crippen LogP contribution in [0.1, 0.15) is 152 Å². The van der Waals surface area contributed by atoms with Crippen molar-refractivity contribution in [2.45, 2.75) is 147 Å². The van der Waals surface area contributed by atoms with E-state index in [-0.39, 0.29) is 17.0 Å². The molecule has 1 aromatic carbocycles. The Morgan fingerprint density at radius 1 is 0.898 bits per heavy atom. The fraction of sp³-hybridized carbons (Fsp3) is 0.718. The fourth-order valence-electron chi connectivity index (χ4n) is 7.60. The number of piperidine rings is 1. The van der Waals surface area contributed by atoms with E-state index < -0.39 is 23.2 Å². The number of rotatable bonds is 20. The number of aromatic nitrogens is 1. The molecule has 0 unspecified atom stereocenters. The minimum atomic E-state index is -1.30. The topological polar surface area (TPSA) is 121 Å². The zero-order valence-corrected chi connectivity index (χ0v) is 30.0. The number of fused-ring (bicyclic) bond motifs is 2. The van der Waals surface area contributed by atoms with Gasteiger partial charge in [-0.2, -0.15) is 0 Å². The first kappa shape index (κ1) is 38.7. The molecule has 0 amide bonds. The summed E-state index contributed by atoms with van der Waals surface area (Å²) in [5, 5.41) is 21.5. The maximum atomic E-state index is 15.3. The largest absolute Gasteiger partial charge is 0.492 e. The molecule has 3 heterocycles. The number of aromatic carboxylic acids is 1. The first-order valence-corrected chi connectivity index (χ1v) is 19.2. The first-order chi connectivity index (χ1) is 23.8. The molecule has 274 valence electrons. The molecule has 3 fully saturated rings. The number of halogens is 1. The second-order valence-corrected chi connectivity index (χ2v) is 14.4. The fourth-order valence-corrected chi connectivity index (χ4v) is 7.60. The van der Waals surface area contributed by atoms with Crippen molar-refractivity contribution in [3.63, 3.8) is 0 Å². The third-order valence-electron chi connectivity index (χ3n) is 10.5. The van der Waals surface area contributed by atoms with Crippen LogP contribution in [-0.2, 0) is 4.79 Å². The van der Waals surface area contributed by atoms with Crippen LogP contribution in [0.25, 0.3) is 10.9 Å². The third kappa shape index (κ3) is 11.2. The van der Waals surface area contributed by atoms with Gasteiger partial charge in [0.15, 0.2) is 11.6 Å². The van der Waals surface area contributed by atoms with Crippen LogP contribution in [0.4, 0.5) is 10.1 Å². The summed E-state index contributed by atoms with van der Waals surface area (Å²) >= 11 is 0. The molecule has 0 spiro atoms. The lowest BCUT2D eigenvalue weighted by Crippen LogP contribution is -2.40. The summed E-state index contributed by atoms with van der Waals surface area (Å²) in [7, 11) is 1.48. The molecule has 1 saturated carbocycles. The Balaban J connectivity index is 0.000000240.